The molecule has 2 heterocycles. The summed E-state index contributed by atoms with van der Waals surface area (Å²) in [6.07, 6.45) is 0. The molecule has 3 nitrogen and oxygen atoms in total. The number of aromatic nitrogens is 3. The molecular weight excluding hydrogens is 566 g/mol. The molecule has 0 saturated heterocycles. The van der Waals surface area contributed by atoms with Crippen LogP contribution in [-0.2, 0) is 0 Å². The van der Waals surface area contributed by atoms with Gasteiger partial charge in [0.15, 0.2) is 0 Å². The Labute approximate surface area is 224 Å². The Morgan fingerprint density at radius 2 is 0.946 bits per heavy atom. The molecule has 0 bridgehead atoms. The molecule has 0 aliphatic heterocycles. The van der Waals surface area contributed by atoms with Gasteiger partial charge in [-0.15, -0.1) is 0 Å². The summed E-state index contributed by atoms with van der Waals surface area (Å²) in [6, 6.07) is 44.4. The molecule has 0 aliphatic rings. The molecule has 0 saturated carbocycles. The predicted molar refractivity (Wildman–Crippen MR) is 154 cm³/mol. The monoisotopic (exact) mass is 589 g/mol. The topological polar surface area (TPSA) is 38.7 Å². The van der Waals surface area contributed by atoms with Gasteiger partial charge >= 0.3 is 220 Å². The summed E-state index contributed by atoms with van der Waals surface area (Å²) in [5.74, 6) is 2.05. The second kappa shape index (κ2) is 9.41. The van der Waals surface area contributed by atoms with Crippen LogP contribution in [0, 0.1) is 0 Å². The summed E-state index contributed by atoms with van der Waals surface area (Å²) in [5.41, 5.74) is 5.23. The zero-order valence-electron chi connectivity index (χ0n) is 19.9. The van der Waals surface area contributed by atoms with Gasteiger partial charge in [-0.25, -0.2) is 0 Å². The maximum atomic E-state index is 5.06. The SMILES string of the molecule is c1ccc(-c2nc(-c3ccc4[te]c5ccccc5c4c3)nc(-c3ccccc3-c3ccccc3)n2)cc1. The average Bonchev–Trinajstić information content (AvgIpc) is 3.36. The van der Waals surface area contributed by atoms with Gasteiger partial charge in [-0.1, -0.05) is 6.07 Å². The number of fused-ring (bicyclic) bond motifs is 3. The molecule has 174 valence electrons. The molecule has 0 amide bonds. The number of rotatable bonds is 4. The fourth-order valence-corrected chi connectivity index (χ4v) is 7.86. The van der Waals surface area contributed by atoms with Crippen molar-refractivity contribution in [2.75, 3.05) is 0 Å². The Bertz CT molecular complexity index is 1880. The number of nitrogens with zero attached hydrogens (tertiary/aromatic N) is 3. The summed E-state index contributed by atoms with van der Waals surface area (Å²) in [4.78, 5) is 15.0. The Hall–Kier alpha value is -4.10. The molecule has 0 radical (unpaired) electrons. The molecule has 7 rings (SSSR count). The van der Waals surface area contributed by atoms with Crippen molar-refractivity contribution < 1.29 is 0 Å². The van der Waals surface area contributed by atoms with Gasteiger partial charge in [0.2, 0.25) is 0 Å². The van der Waals surface area contributed by atoms with Crippen LogP contribution in [0.4, 0.5) is 0 Å². The summed E-state index contributed by atoms with van der Waals surface area (Å²) in [5, 5.41) is 2.68. The summed E-state index contributed by atoms with van der Waals surface area (Å²) in [7, 11) is 0. The number of hydrogen-bond donors (Lipinski definition) is 0. The fraction of sp³-hybridized carbons (Fsp3) is 0. The molecule has 0 unspecified atom stereocenters. The summed E-state index contributed by atoms with van der Waals surface area (Å²) in [6.45, 7) is 0. The first-order chi connectivity index (χ1) is 18.3. The third kappa shape index (κ3) is 4.15. The Balaban J connectivity index is 1.46. The summed E-state index contributed by atoms with van der Waals surface area (Å²) < 4.78 is 2.97. The van der Waals surface area contributed by atoms with Gasteiger partial charge < -0.3 is 0 Å². The van der Waals surface area contributed by atoms with E-state index in [1.165, 1.54) is 17.6 Å². The minimum absolute atomic E-state index is 0.353. The summed E-state index contributed by atoms with van der Waals surface area (Å²) >= 11 is -0.353. The first kappa shape index (κ1) is 22.1. The molecule has 37 heavy (non-hydrogen) atoms. The van der Waals surface area contributed by atoms with Crippen molar-refractivity contribution in [3.63, 3.8) is 0 Å². The quantitative estimate of drug-likeness (QED) is 0.197. The van der Waals surface area contributed by atoms with E-state index in [1.807, 2.05) is 30.3 Å². The van der Waals surface area contributed by atoms with Crippen LogP contribution >= 0.6 is 0 Å². The van der Waals surface area contributed by atoms with Crippen LogP contribution in [0.3, 0.4) is 0 Å². The molecule has 0 N–H and O–H groups in total. The van der Waals surface area contributed by atoms with E-state index in [0.29, 0.717) is 17.5 Å². The van der Waals surface area contributed by atoms with Crippen molar-refractivity contribution in [2.24, 2.45) is 0 Å². The zero-order chi connectivity index (χ0) is 24.6. The van der Waals surface area contributed by atoms with E-state index in [4.69, 9.17) is 15.0 Å². The second-order valence-electron chi connectivity index (χ2n) is 8.89. The minimum atomic E-state index is -0.353. The van der Waals surface area contributed by atoms with Gasteiger partial charge in [-0.05, 0) is 0 Å². The zero-order valence-corrected chi connectivity index (χ0v) is 22.2. The molecular formula is C33H21N3Te. The molecule has 2 aromatic heterocycles. The van der Waals surface area contributed by atoms with Crippen LogP contribution in [0.25, 0.3) is 62.9 Å². The van der Waals surface area contributed by atoms with E-state index in [2.05, 4.69) is 97.1 Å². The van der Waals surface area contributed by atoms with Gasteiger partial charge in [0.1, 0.15) is 0 Å². The van der Waals surface area contributed by atoms with E-state index in [-0.39, 0.29) is 20.4 Å². The van der Waals surface area contributed by atoms with Crippen molar-refractivity contribution in [3.05, 3.63) is 127 Å². The third-order valence-electron chi connectivity index (χ3n) is 6.56. The Morgan fingerprint density at radius 1 is 0.378 bits per heavy atom. The van der Waals surface area contributed by atoms with Gasteiger partial charge in [0, 0.05) is 0 Å². The number of benzene rings is 5. The normalized spacial score (nSPS) is 11.2. The molecule has 0 spiro atoms. The van der Waals surface area contributed by atoms with Crippen molar-refractivity contribution in [2.45, 2.75) is 0 Å². The van der Waals surface area contributed by atoms with Crippen molar-refractivity contribution >= 4 is 38.0 Å². The van der Waals surface area contributed by atoms with Crippen molar-refractivity contribution in [1.29, 1.82) is 0 Å². The first-order valence-corrected chi connectivity index (χ1v) is 14.5. The van der Waals surface area contributed by atoms with Crippen LogP contribution < -0.4 is 0 Å². The standard InChI is InChI=1S/C33H21N3Te/c1-3-11-22(12-4-1)25-15-7-8-17-27(25)33-35-31(23-13-5-2-6-14-23)34-32(36-33)24-19-20-30-28(21-24)26-16-9-10-18-29(26)37-30/h1-21H. The third-order valence-corrected chi connectivity index (χ3v) is 9.84. The molecule has 5 aromatic carbocycles. The van der Waals surface area contributed by atoms with E-state index < -0.39 is 0 Å². The predicted octanol–water partition coefficient (Wildman–Crippen LogP) is 7.90. The van der Waals surface area contributed by atoms with Gasteiger partial charge in [0.05, 0.1) is 0 Å². The first-order valence-electron chi connectivity index (χ1n) is 12.2. The van der Waals surface area contributed by atoms with Crippen LogP contribution in [0.2, 0.25) is 0 Å². The van der Waals surface area contributed by atoms with Gasteiger partial charge in [0.25, 0.3) is 0 Å². The van der Waals surface area contributed by atoms with E-state index in [9.17, 15) is 0 Å². The fourth-order valence-electron chi connectivity index (χ4n) is 4.75. The van der Waals surface area contributed by atoms with Crippen molar-refractivity contribution in [3.8, 4) is 45.3 Å². The molecule has 0 fully saturated rings. The Morgan fingerprint density at radius 3 is 1.73 bits per heavy atom. The van der Waals surface area contributed by atoms with Gasteiger partial charge in [-0.3, -0.25) is 0 Å². The van der Waals surface area contributed by atoms with Gasteiger partial charge in [-0.2, -0.15) is 0 Å². The average molecular weight is 587 g/mol. The molecule has 7 aromatic rings. The van der Waals surface area contributed by atoms with E-state index >= 15 is 0 Å². The second-order valence-corrected chi connectivity index (χ2v) is 12.0. The van der Waals surface area contributed by atoms with Crippen LogP contribution in [0.15, 0.2) is 127 Å². The molecule has 4 heteroatoms. The Kier molecular flexibility index (Phi) is 5.63. The molecule has 0 atom stereocenters. The number of hydrogen-bond acceptors (Lipinski definition) is 3. The van der Waals surface area contributed by atoms with E-state index in [1.54, 1.807) is 0 Å². The van der Waals surface area contributed by atoms with Crippen LogP contribution in [-0.4, -0.2) is 35.4 Å². The van der Waals surface area contributed by atoms with E-state index in [0.717, 1.165) is 27.8 Å². The van der Waals surface area contributed by atoms with Crippen LogP contribution in [0.5, 0.6) is 0 Å². The molecule has 0 aliphatic carbocycles. The van der Waals surface area contributed by atoms with Crippen LogP contribution in [0.1, 0.15) is 0 Å². The maximum absolute atomic E-state index is 5.06. The van der Waals surface area contributed by atoms with Crippen molar-refractivity contribution in [1.82, 2.24) is 15.0 Å².